The lowest BCUT2D eigenvalue weighted by Gasteiger charge is -2.35. The van der Waals surface area contributed by atoms with Crippen LogP contribution in [-0.4, -0.2) is 74.5 Å². The number of hydrogen-bond donors (Lipinski definition) is 1. The predicted molar refractivity (Wildman–Crippen MR) is 106 cm³/mol. The topological polar surface area (TPSA) is 79.0 Å². The molecule has 0 saturated carbocycles. The lowest BCUT2D eigenvalue weighted by molar-refractivity contribution is -0.0440. The Morgan fingerprint density at radius 3 is 2.48 bits per heavy atom. The van der Waals surface area contributed by atoms with Gasteiger partial charge in [-0.15, -0.1) is 12.4 Å². The fourth-order valence-corrected chi connectivity index (χ4v) is 5.21. The van der Waals surface area contributed by atoms with Gasteiger partial charge in [0.25, 0.3) is 5.91 Å². The van der Waals surface area contributed by atoms with Gasteiger partial charge in [-0.3, -0.25) is 4.79 Å². The Morgan fingerprint density at radius 2 is 1.85 bits per heavy atom. The fraction of sp³-hybridized carbons (Fsp3) is 0.611. The number of piperazine rings is 1. The van der Waals surface area contributed by atoms with E-state index in [2.05, 4.69) is 5.32 Å². The van der Waals surface area contributed by atoms with Gasteiger partial charge < -0.3 is 15.0 Å². The molecule has 27 heavy (non-hydrogen) atoms. The summed E-state index contributed by atoms with van der Waals surface area (Å²) in [6, 6.07) is 6.45. The van der Waals surface area contributed by atoms with Crippen LogP contribution in [0.3, 0.4) is 0 Å². The first-order chi connectivity index (χ1) is 12.3. The highest BCUT2D eigenvalue weighted by atomic mass is 35.5. The Balaban J connectivity index is 0.00000261. The van der Waals surface area contributed by atoms with Gasteiger partial charge in [0.05, 0.1) is 17.1 Å². The van der Waals surface area contributed by atoms with E-state index in [4.69, 9.17) is 4.74 Å². The summed E-state index contributed by atoms with van der Waals surface area (Å²) < 4.78 is 33.1. The van der Waals surface area contributed by atoms with E-state index in [1.807, 2.05) is 20.8 Å². The van der Waals surface area contributed by atoms with Crippen molar-refractivity contribution in [3.05, 3.63) is 29.8 Å². The molecule has 152 valence electrons. The maximum absolute atomic E-state index is 13.0. The Labute approximate surface area is 167 Å². The number of halogens is 1. The molecule has 2 saturated heterocycles. The minimum Gasteiger partial charge on any atom is -0.373 e. The number of hydrogen-bond acceptors (Lipinski definition) is 5. The number of amides is 1. The number of rotatable bonds is 3. The summed E-state index contributed by atoms with van der Waals surface area (Å²) in [4.78, 5) is 14.8. The maximum Gasteiger partial charge on any atom is 0.254 e. The molecule has 2 heterocycles. The first kappa shape index (κ1) is 22.1. The van der Waals surface area contributed by atoms with E-state index in [0.29, 0.717) is 25.2 Å². The number of carbonyl (C=O) groups excluding carboxylic acids is 1. The lowest BCUT2D eigenvalue weighted by Crippen LogP contribution is -2.52. The van der Waals surface area contributed by atoms with E-state index < -0.39 is 10.0 Å². The van der Waals surface area contributed by atoms with Crippen LogP contribution in [0.2, 0.25) is 0 Å². The van der Waals surface area contributed by atoms with Gasteiger partial charge in [0, 0.05) is 44.3 Å². The largest absolute Gasteiger partial charge is 0.373 e. The van der Waals surface area contributed by atoms with Crippen LogP contribution in [-0.2, 0) is 14.8 Å². The number of ether oxygens (including phenoxy) is 1. The van der Waals surface area contributed by atoms with Crippen LogP contribution < -0.4 is 5.32 Å². The molecule has 0 spiro atoms. The fourth-order valence-electron chi connectivity index (χ4n) is 3.57. The highest BCUT2D eigenvalue weighted by Crippen LogP contribution is 2.22. The molecule has 0 aromatic heterocycles. The summed E-state index contributed by atoms with van der Waals surface area (Å²) in [5.74, 6) is -0.125. The van der Waals surface area contributed by atoms with Gasteiger partial charge in [-0.25, -0.2) is 8.42 Å². The molecular formula is C18H28ClN3O4S. The molecule has 1 N–H and O–H groups in total. The number of nitrogens with one attached hydrogen (secondary N) is 1. The summed E-state index contributed by atoms with van der Waals surface area (Å²) in [5.41, 5.74) is 0.411. The van der Waals surface area contributed by atoms with Crippen molar-refractivity contribution in [1.82, 2.24) is 14.5 Å². The van der Waals surface area contributed by atoms with Crippen molar-refractivity contribution in [1.29, 1.82) is 0 Å². The van der Waals surface area contributed by atoms with Crippen molar-refractivity contribution in [2.45, 2.75) is 43.9 Å². The minimum atomic E-state index is -3.66. The van der Waals surface area contributed by atoms with Crippen molar-refractivity contribution in [2.24, 2.45) is 0 Å². The second kappa shape index (κ2) is 8.87. The maximum atomic E-state index is 13.0. The third kappa shape index (κ3) is 4.81. The van der Waals surface area contributed by atoms with Gasteiger partial charge in [0.15, 0.2) is 0 Å². The van der Waals surface area contributed by atoms with Crippen LogP contribution in [0.1, 0.15) is 31.1 Å². The number of morpholine rings is 1. The van der Waals surface area contributed by atoms with E-state index in [0.717, 1.165) is 13.1 Å². The zero-order chi connectivity index (χ0) is 18.9. The summed E-state index contributed by atoms with van der Waals surface area (Å²) in [6.07, 6.45) is -0.305. The summed E-state index contributed by atoms with van der Waals surface area (Å²) in [6.45, 7) is 8.47. The molecule has 2 aliphatic heterocycles. The number of carbonyl (C=O) groups is 1. The highest BCUT2D eigenvalue weighted by Gasteiger charge is 2.33. The van der Waals surface area contributed by atoms with Crippen molar-refractivity contribution in [3.8, 4) is 0 Å². The van der Waals surface area contributed by atoms with E-state index in [1.54, 1.807) is 23.1 Å². The van der Waals surface area contributed by atoms with Gasteiger partial charge in [-0.2, -0.15) is 4.31 Å². The molecule has 9 heteroatoms. The zero-order valence-electron chi connectivity index (χ0n) is 15.9. The first-order valence-electron chi connectivity index (χ1n) is 9.06. The second-order valence-electron chi connectivity index (χ2n) is 7.16. The zero-order valence-corrected chi connectivity index (χ0v) is 17.6. The minimum absolute atomic E-state index is 0. The van der Waals surface area contributed by atoms with Gasteiger partial charge in [-0.05, 0) is 39.0 Å². The Morgan fingerprint density at radius 1 is 1.19 bits per heavy atom. The number of sulfonamides is 1. The summed E-state index contributed by atoms with van der Waals surface area (Å²) in [5, 5.41) is 3.25. The molecule has 3 rings (SSSR count). The third-order valence-electron chi connectivity index (χ3n) is 4.87. The lowest BCUT2D eigenvalue weighted by atomic mass is 10.1. The van der Waals surface area contributed by atoms with Gasteiger partial charge in [0.1, 0.15) is 0 Å². The van der Waals surface area contributed by atoms with Crippen molar-refractivity contribution >= 4 is 28.3 Å². The first-order valence-corrected chi connectivity index (χ1v) is 10.5. The molecule has 0 bridgehead atoms. The van der Waals surface area contributed by atoms with Crippen molar-refractivity contribution in [3.63, 3.8) is 0 Å². The molecule has 2 aliphatic rings. The SMILES string of the molecule is CC1CN(S(=O)(=O)c2cccc(C(=O)N3CCNCC3C)c2)CC(C)O1.Cl. The van der Waals surface area contributed by atoms with Gasteiger partial charge >= 0.3 is 0 Å². The summed E-state index contributed by atoms with van der Waals surface area (Å²) >= 11 is 0. The molecule has 1 amide bonds. The monoisotopic (exact) mass is 417 g/mol. The van der Waals surface area contributed by atoms with Crippen LogP contribution in [0.5, 0.6) is 0 Å². The third-order valence-corrected chi connectivity index (χ3v) is 6.69. The number of benzene rings is 1. The molecule has 2 fully saturated rings. The molecular weight excluding hydrogens is 390 g/mol. The average molecular weight is 418 g/mol. The molecule has 1 aromatic rings. The standard InChI is InChI=1S/C18H27N3O4S.ClH/c1-13-10-19-7-8-21(13)18(22)16-5-4-6-17(9-16)26(23,24)20-11-14(2)25-15(3)12-20;/h4-6,9,13-15,19H,7-8,10-12H2,1-3H3;1H. The average Bonchev–Trinajstić information content (AvgIpc) is 2.61. The van der Waals surface area contributed by atoms with Crippen LogP contribution in [0.15, 0.2) is 29.2 Å². The van der Waals surface area contributed by atoms with E-state index in [-0.39, 0.29) is 41.5 Å². The van der Waals surface area contributed by atoms with Crippen LogP contribution in [0.4, 0.5) is 0 Å². The molecule has 1 aromatic carbocycles. The van der Waals surface area contributed by atoms with E-state index >= 15 is 0 Å². The van der Waals surface area contributed by atoms with E-state index in [1.165, 1.54) is 10.4 Å². The molecule has 7 nitrogen and oxygen atoms in total. The Hall–Kier alpha value is -1.19. The Kier molecular flexibility index (Phi) is 7.27. The smallest absolute Gasteiger partial charge is 0.254 e. The highest BCUT2D eigenvalue weighted by molar-refractivity contribution is 7.89. The number of nitrogens with zero attached hydrogens (tertiary/aromatic N) is 2. The molecule has 3 unspecified atom stereocenters. The molecule has 0 radical (unpaired) electrons. The van der Waals surface area contributed by atoms with Crippen molar-refractivity contribution < 1.29 is 17.9 Å². The van der Waals surface area contributed by atoms with Crippen LogP contribution in [0.25, 0.3) is 0 Å². The van der Waals surface area contributed by atoms with Crippen LogP contribution in [0, 0.1) is 0 Å². The van der Waals surface area contributed by atoms with Gasteiger partial charge in [-0.1, -0.05) is 6.07 Å². The normalized spacial score (nSPS) is 27.1. The molecule has 0 aliphatic carbocycles. The summed E-state index contributed by atoms with van der Waals surface area (Å²) in [7, 11) is -3.66. The van der Waals surface area contributed by atoms with E-state index in [9.17, 15) is 13.2 Å². The second-order valence-corrected chi connectivity index (χ2v) is 9.10. The molecule has 3 atom stereocenters. The quantitative estimate of drug-likeness (QED) is 0.802. The van der Waals surface area contributed by atoms with Gasteiger partial charge in [0.2, 0.25) is 10.0 Å². The van der Waals surface area contributed by atoms with Crippen molar-refractivity contribution in [2.75, 3.05) is 32.7 Å². The van der Waals surface area contributed by atoms with Crippen LogP contribution >= 0.6 is 12.4 Å². The predicted octanol–water partition coefficient (Wildman–Crippen LogP) is 1.34. The Bertz CT molecular complexity index is 764.